The Labute approximate surface area is 136 Å². The summed E-state index contributed by atoms with van der Waals surface area (Å²) in [7, 11) is 0. The first-order valence-corrected chi connectivity index (χ1v) is 6.80. The minimum atomic E-state index is -4.79. The van der Waals surface area contributed by atoms with Crippen molar-refractivity contribution >= 4 is 16.5 Å². The topological polar surface area (TPSA) is 98.0 Å². The molecule has 3 aromatic rings. The van der Waals surface area contributed by atoms with Crippen LogP contribution in [0.1, 0.15) is 5.56 Å². The highest BCUT2D eigenvalue weighted by Gasteiger charge is 2.33. The number of aromatic amines is 1. The largest absolute Gasteiger partial charge is 0.416 e. The van der Waals surface area contributed by atoms with Crippen LogP contribution in [-0.2, 0) is 6.18 Å². The van der Waals surface area contributed by atoms with Crippen molar-refractivity contribution in [3.63, 3.8) is 0 Å². The molecule has 0 saturated heterocycles. The SMILES string of the molecule is O=c1[nH]n(-c2ccc(C(F)(F)F)cc2[N+](=O)[O-])c(=O)c2ccccc12. The Balaban J connectivity index is 2.36. The fourth-order valence-corrected chi connectivity index (χ4v) is 2.41. The maximum absolute atomic E-state index is 12.8. The monoisotopic (exact) mass is 351 g/mol. The molecule has 0 amide bonds. The molecule has 128 valence electrons. The second-order valence-corrected chi connectivity index (χ2v) is 5.09. The predicted molar refractivity (Wildman–Crippen MR) is 81.8 cm³/mol. The molecule has 0 spiro atoms. The minimum absolute atomic E-state index is 0.0135. The molecular weight excluding hydrogens is 343 g/mol. The van der Waals surface area contributed by atoms with Crippen molar-refractivity contribution in [3.05, 3.63) is 78.8 Å². The number of nitrogens with zero attached hydrogens (tertiary/aromatic N) is 2. The molecule has 0 aliphatic rings. The summed E-state index contributed by atoms with van der Waals surface area (Å²) in [5.74, 6) is 0. The Morgan fingerprint density at radius 1 is 1.04 bits per heavy atom. The minimum Gasteiger partial charge on any atom is -0.267 e. The van der Waals surface area contributed by atoms with E-state index in [2.05, 4.69) is 5.10 Å². The zero-order chi connectivity index (χ0) is 18.4. The van der Waals surface area contributed by atoms with Gasteiger partial charge in [0.1, 0.15) is 5.69 Å². The zero-order valence-electron chi connectivity index (χ0n) is 12.2. The molecule has 7 nitrogen and oxygen atoms in total. The van der Waals surface area contributed by atoms with E-state index in [0.29, 0.717) is 16.8 Å². The van der Waals surface area contributed by atoms with Crippen LogP contribution in [0.2, 0.25) is 0 Å². The smallest absolute Gasteiger partial charge is 0.267 e. The first-order chi connectivity index (χ1) is 11.7. The standard InChI is InChI=1S/C15H8F3N3O4/c16-15(17,18)8-5-6-11(12(7-8)21(24)25)20-14(23)10-4-2-1-3-9(10)13(22)19-20/h1-7H,(H,19,22). The van der Waals surface area contributed by atoms with Crippen molar-refractivity contribution in [2.24, 2.45) is 0 Å². The highest BCUT2D eigenvalue weighted by atomic mass is 19.4. The van der Waals surface area contributed by atoms with Gasteiger partial charge in [-0.15, -0.1) is 0 Å². The molecule has 10 heteroatoms. The normalized spacial score (nSPS) is 11.6. The van der Waals surface area contributed by atoms with Crippen LogP contribution >= 0.6 is 0 Å². The summed E-state index contributed by atoms with van der Waals surface area (Å²) in [6, 6.07) is 7.45. The molecular formula is C15H8F3N3O4. The van der Waals surface area contributed by atoms with E-state index in [9.17, 15) is 32.9 Å². The number of nitrogens with one attached hydrogen (secondary N) is 1. The third-order valence-electron chi connectivity index (χ3n) is 3.56. The molecule has 1 heterocycles. The van der Waals surface area contributed by atoms with Crippen LogP contribution < -0.4 is 11.1 Å². The van der Waals surface area contributed by atoms with E-state index in [-0.39, 0.29) is 10.8 Å². The Hall–Kier alpha value is -3.43. The van der Waals surface area contributed by atoms with Gasteiger partial charge in [0.15, 0.2) is 0 Å². The molecule has 0 aliphatic carbocycles. The van der Waals surface area contributed by atoms with Gasteiger partial charge < -0.3 is 0 Å². The van der Waals surface area contributed by atoms with Crippen LogP contribution in [0.15, 0.2) is 52.1 Å². The third-order valence-corrected chi connectivity index (χ3v) is 3.56. The first kappa shape index (κ1) is 16.4. The van der Waals surface area contributed by atoms with Gasteiger partial charge in [-0.2, -0.15) is 13.2 Å². The van der Waals surface area contributed by atoms with Crippen LogP contribution in [0.4, 0.5) is 18.9 Å². The molecule has 0 saturated carbocycles. The van der Waals surface area contributed by atoms with Gasteiger partial charge >= 0.3 is 6.18 Å². The zero-order valence-corrected chi connectivity index (χ0v) is 12.2. The van der Waals surface area contributed by atoms with Crippen molar-refractivity contribution in [1.82, 2.24) is 9.78 Å². The molecule has 0 bridgehead atoms. The maximum Gasteiger partial charge on any atom is 0.416 e. The number of hydrogen-bond acceptors (Lipinski definition) is 4. The van der Waals surface area contributed by atoms with Gasteiger partial charge in [0, 0.05) is 6.07 Å². The molecule has 1 N–H and O–H groups in total. The lowest BCUT2D eigenvalue weighted by atomic mass is 10.1. The van der Waals surface area contributed by atoms with Crippen LogP contribution in [0.5, 0.6) is 0 Å². The Bertz CT molecular complexity index is 1120. The van der Waals surface area contributed by atoms with E-state index in [0.717, 1.165) is 6.07 Å². The van der Waals surface area contributed by atoms with Gasteiger partial charge in [0.05, 0.1) is 21.3 Å². The number of hydrogen-bond donors (Lipinski definition) is 1. The van der Waals surface area contributed by atoms with Gasteiger partial charge in [-0.25, -0.2) is 4.68 Å². The average molecular weight is 351 g/mol. The fraction of sp³-hybridized carbons (Fsp3) is 0.0667. The molecule has 0 radical (unpaired) electrons. The lowest BCUT2D eigenvalue weighted by molar-refractivity contribution is -0.384. The van der Waals surface area contributed by atoms with Gasteiger partial charge in [-0.05, 0) is 24.3 Å². The summed E-state index contributed by atoms with van der Waals surface area (Å²) in [4.78, 5) is 34.7. The maximum atomic E-state index is 12.8. The summed E-state index contributed by atoms with van der Waals surface area (Å²) in [5.41, 5.74) is -4.16. The summed E-state index contributed by atoms with van der Waals surface area (Å²) in [5, 5.41) is 13.4. The molecule has 25 heavy (non-hydrogen) atoms. The van der Waals surface area contributed by atoms with E-state index in [1.807, 2.05) is 0 Å². The number of alkyl halides is 3. The lowest BCUT2D eigenvalue weighted by Crippen LogP contribution is -2.29. The number of rotatable bonds is 2. The van der Waals surface area contributed by atoms with E-state index in [1.165, 1.54) is 24.3 Å². The van der Waals surface area contributed by atoms with E-state index >= 15 is 0 Å². The van der Waals surface area contributed by atoms with E-state index in [1.54, 1.807) is 0 Å². The molecule has 1 aromatic heterocycles. The summed E-state index contributed by atoms with van der Waals surface area (Å²) in [6.07, 6.45) is -4.79. The van der Waals surface area contributed by atoms with Crippen molar-refractivity contribution in [2.75, 3.05) is 0 Å². The fourth-order valence-electron chi connectivity index (χ4n) is 2.41. The Morgan fingerprint density at radius 3 is 2.28 bits per heavy atom. The van der Waals surface area contributed by atoms with Crippen LogP contribution in [0.3, 0.4) is 0 Å². The second kappa shape index (κ2) is 5.58. The summed E-state index contributed by atoms with van der Waals surface area (Å²) >= 11 is 0. The van der Waals surface area contributed by atoms with Crippen molar-refractivity contribution in [3.8, 4) is 5.69 Å². The lowest BCUT2D eigenvalue weighted by Gasteiger charge is -2.10. The number of nitro groups is 1. The van der Waals surface area contributed by atoms with Gasteiger partial charge in [-0.1, -0.05) is 12.1 Å². The molecule has 0 unspecified atom stereocenters. The molecule has 2 aromatic carbocycles. The highest BCUT2D eigenvalue weighted by Crippen LogP contribution is 2.33. The van der Waals surface area contributed by atoms with E-state index < -0.39 is 39.2 Å². The van der Waals surface area contributed by atoms with Crippen molar-refractivity contribution in [1.29, 1.82) is 0 Å². The second-order valence-electron chi connectivity index (χ2n) is 5.09. The van der Waals surface area contributed by atoms with Gasteiger partial charge in [-0.3, -0.25) is 24.8 Å². The third kappa shape index (κ3) is 2.77. The summed E-state index contributed by atoms with van der Waals surface area (Å²) < 4.78 is 38.9. The van der Waals surface area contributed by atoms with Gasteiger partial charge in [0.25, 0.3) is 16.8 Å². The number of nitro benzene ring substituents is 1. The predicted octanol–water partition coefficient (Wildman–Crippen LogP) is 2.61. The van der Waals surface area contributed by atoms with Crippen LogP contribution in [0, 0.1) is 10.1 Å². The van der Waals surface area contributed by atoms with Crippen molar-refractivity contribution < 1.29 is 18.1 Å². The molecule has 0 aliphatic heterocycles. The highest BCUT2D eigenvalue weighted by molar-refractivity contribution is 5.80. The van der Waals surface area contributed by atoms with Gasteiger partial charge in [0.2, 0.25) is 0 Å². The number of aromatic nitrogens is 2. The van der Waals surface area contributed by atoms with Crippen molar-refractivity contribution in [2.45, 2.75) is 6.18 Å². The molecule has 0 atom stereocenters. The Kier molecular flexibility index (Phi) is 3.67. The van der Waals surface area contributed by atoms with E-state index in [4.69, 9.17) is 0 Å². The summed E-state index contributed by atoms with van der Waals surface area (Å²) in [6.45, 7) is 0. The number of fused-ring (bicyclic) bond motifs is 1. The number of H-pyrrole nitrogens is 1. The molecule has 0 fully saturated rings. The number of benzene rings is 2. The van der Waals surface area contributed by atoms with Crippen LogP contribution in [0.25, 0.3) is 16.5 Å². The number of halogens is 3. The molecule has 3 rings (SSSR count). The quantitative estimate of drug-likeness (QED) is 0.567. The van der Waals surface area contributed by atoms with Crippen LogP contribution in [-0.4, -0.2) is 14.7 Å². The Morgan fingerprint density at radius 2 is 1.68 bits per heavy atom. The average Bonchev–Trinajstić information content (AvgIpc) is 2.57. The first-order valence-electron chi connectivity index (χ1n) is 6.80.